The molecule has 8 heteroatoms. The van der Waals surface area contributed by atoms with Crippen LogP contribution in [0.25, 0.3) is 0 Å². The number of likely N-dealkylation sites (tertiary alicyclic amines) is 1. The minimum Gasteiger partial charge on any atom is -0.375 e. The Kier molecular flexibility index (Phi) is 7.17. The first-order valence-electron chi connectivity index (χ1n) is 11.2. The molecule has 1 atom stereocenters. The normalized spacial score (nSPS) is 23.4. The molecule has 0 radical (unpaired) electrons. The SMILES string of the molecule is O=C(CNc1cccnc1)NCC1CN(CC2CCN(CC3CC3)CC2)C(=O)CO1. The lowest BCUT2D eigenvalue weighted by Crippen LogP contribution is -2.52. The van der Waals surface area contributed by atoms with Crippen LogP contribution in [0.2, 0.25) is 0 Å². The summed E-state index contributed by atoms with van der Waals surface area (Å²) >= 11 is 0. The van der Waals surface area contributed by atoms with Crippen LogP contribution < -0.4 is 10.6 Å². The average molecular weight is 416 g/mol. The quantitative estimate of drug-likeness (QED) is 0.625. The van der Waals surface area contributed by atoms with E-state index in [1.165, 1.54) is 32.2 Å². The molecule has 8 nitrogen and oxygen atoms in total. The standard InChI is InChI=1S/C22H33N5O3/c28-21(12-24-19-2-1-7-23-10-19)25-11-20-15-27(22(29)16-30-20)14-18-5-8-26(9-6-18)13-17-3-4-17/h1-2,7,10,17-18,20,24H,3-6,8-9,11-16H2,(H,25,28). The molecule has 2 saturated heterocycles. The highest BCUT2D eigenvalue weighted by Crippen LogP contribution is 2.31. The zero-order valence-corrected chi connectivity index (χ0v) is 17.6. The van der Waals surface area contributed by atoms with Crippen molar-refractivity contribution in [2.24, 2.45) is 11.8 Å². The molecule has 2 N–H and O–H groups in total. The van der Waals surface area contributed by atoms with Gasteiger partial charge in [0.15, 0.2) is 0 Å². The average Bonchev–Trinajstić information content (AvgIpc) is 3.59. The highest BCUT2D eigenvalue weighted by atomic mass is 16.5. The lowest BCUT2D eigenvalue weighted by molar-refractivity contribution is -0.149. The third kappa shape index (κ3) is 6.40. The van der Waals surface area contributed by atoms with E-state index in [1.54, 1.807) is 12.4 Å². The summed E-state index contributed by atoms with van der Waals surface area (Å²) in [4.78, 5) is 33.0. The largest absolute Gasteiger partial charge is 0.375 e. The number of carbonyl (C=O) groups excluding carboxylic acids is 2. The minimum atomic E-state index is -0.153. The Morgan fingerprint density at radius 3 is 2.70 bits per heavy atom. The zero-order chi connectivity index (χ0) is 20.8. The van der Waals surface area contributed by atoms with E-state index in [0.717, 1.165) is 31.2 Å². The van der Waals surface area contributed by atoms with Crippen molar-refractivity contribution in [1.82, 2.24) is 20.1 Å². The first-order valence-corrected chi connectivity index (χ1v) is 11.2. The van der Waals surface area contributed by atoms with Gasteiger partial charge in [0, 0.05) is 38.6 Å². The number of ether oxygens (including phenoxy) is 1. The van der Waals surface area contributed by atoms with Gasteiger partial charge in [0.2, 0.25) is 11.8 Å². The van der Waals surface area contributed by atoms with E-state index in [1.807, 2.05) is 17.0 Å². The van der Waals surface area contributed by atoms with Gasteiger partial charge in [0.1, 0.15) is 6.61 Å². The van der Waals surface area contributed by atoms with Gasteiger partial charge in [0.05, 0.1) is 18.3 Å². The van der Waals surface area contributed by atoms with Crippen LogP contribution in [0.3, 0.4) is 0 Å². The van der Waals surface area contributed by atoms with E-state index in [-0.39, 0.29) is 31.1 Å². The van der Waals surface area contributed by atoms with Crippen LogP contribution in [0.15, 0.2) is 24.5 Å². The third-order valence-electron chi connectivity index (χ3n) is 6.26. The van der Waals surface area contributed by atoms with Gasteiger partial charge in [-0.2, -0.15) is 0 Å². The molecule has 1 saturated carbocycles. The maximum Gasteiger partial charge on any atom is 0.248 e. The Morgan fingerprint density at radius 1 is 1.17 bits per heavy atom. The van der Waals surface area contributed by atoms with Crippen LogP contribution in [0.5, 0.6) is 0 Å². The molecule has 1 aromatic heterocycles. The van der Waals surface area contributed by atoms with Crippen molar-refractivity contribution in [1.29, 1.82) is 0 Å². The monoisotopic (exact) mass is 415 g/mol. The van der Waals surface area contributed by atoms with Gasteiger partial charge < -0.3 is 25.2 Å². The number of pyridine rings is 1. The van der Waals surface area contributed by atoms with Crippen LogP contribution in [-0.2, 0) is 14.3 Å². The Hall–Kier alpha value is -2.19. The van der Waals surface area contributed by atoms with Crippen molar-refractivity contribution in [3.05, 3.63) is 24.5 Å². The minimum absolute atomic E-state index is 0.0660. The summed E-state index contributed by atoms with van der Waals surface area (Å²) in [5.41, 5.74) is 0.807. The second kappa shape index (κ2) is 10.2. The number of carbonyl (C=O) groups is 2. The predicted molar refractivity (Wildman–Crippen MR) is 114 cm³/mol. The number of hydrogen-bond acceptors (Lipinski definition) is 6. The summed E-state index contributed by atoms with van der Waals surface area (Å²) in [6.45, 7) is 5.64. The Balaban J connectivity index is 1.15. The van der Waals surface area contributed by atoms with Gasteiger partial charge in [-0.15, -0.1) is 0 Å². The summed E-state index contributed by atoms with van der Waals surface area (Å²) in [6.07, 6.45) is 8.35. The topological polar surface area (TPSA) is 86.8 Å². The first kappa shape index (κ1) is 21.1. The molecule has 1 unspecified atom stereocenters. The summed E-state index contributed by atoms with van der Waals surface area (Å²) in [6, 6.07) is 3.68. The van der Waals surface area contributed by atoms with Crippen LogP contribution in [0.1, 0.15) is 25.7 Å². The summed E-state index contributed by atoms with van der Waals surface area (Å²) in [5.74, 6) is 1.48. The molecule has 3 heterocycles. The van der Waals surface area contributed by atoms with Crippen molar-refractivity contribution in [2.75, 3.05) is 57.7 Å². The smallest absolute Gasteiger partial charge is 0.248 e. The number of anilines is 1. The highest BCUT2D eigenvalue weighted by molar-refractivity contribution is 5.80. The molecule has 3 fully saturated rings. The molecular formula is C22H33N5O3. The van der Waals surface area contributed by atoms with Crippen molar-refractivity contribution in [2.45, 2.75) is 31.8 Å². The van der Waals surface area contributed by atoms with Crippen molar-refractivity contribution in [3.63, 3.8) is 0 Å². The number of amides is 2. The Morgan fingerprint density at radius 2 is 1.97 bits per heavy atom. The predicted octanol–water partition coefficient (Wildman–Crippen LogP) is 0.959. The Labute approximate surface area is 178 Å². The fraction of sp³-hybridized carbons (Fsp3) is 0.682. The second-order valence-electron chi connectivity index (χ2n) is 8.82. The summed E-state index contributed by atoms with van der Waals surface area (Å²) in [7, 11) is 0. The molecular weight excluding hydrogens is 382 g/mol. The van der Waals surface area contributed by atoms with Crippen LogP contribution in [-0.4, -0.2) is 85.1 Å². The fourth-order valence-electron chi connectivity index (χ4n) is 4.25. The maximum atomic E-state index is 12.3. The molecule has 2 amide bonds. The van der Waals surface area contributed by atoms with Gasteiger partial charge in [0.25, 0.3) is 0 Å². The number of rotatable bonds is 9. The molecule has 4 rings (SSSR count). The van der Waals surface area contributed by atoms with Gasteiger partial charge in [-0.05, 0) is 62.7 Å². The van der Waals surface area contributed by atoms with Gasteiger partial charge in [-0.25, -0.2) is 0 Å². The van der Waals surface area contributed by atoms with Crippen LogP contribution >= 0.6 is 0 Å². The highest BCUT2D eigenvalue weighted by Gasteiger charge is 2.31. The number of nitrogens with one attached hydrogen (secondary N) is 2. The van der Waals surface area contributed by atoms with E-state index in [2.05, 4.69) is 20.5 Å². The molecule has 3 aliphatic rings. The third-order valence-corrected chi connectivity index (χ3v) is 6.26. The molecule has 0 bridgehead atoms. The molecule has 0 spiro atoms. The van der Waals surface area contributed by atoms with E-state index in [0.29, 0.717) is 19.0 Å². The number of morpholine rings is 1. The molecule has 30 heavy (non-hydrogen) atoms. The fourth-order valence-corrected chi connectivity index (χ4v) is 4.25. The lowest BCUT2D eigenvalue weighted by atomic mass is 9.95. The van der Waals surface area contributed by atoms with Gasteiger partial charge in [-0.1, -0.05) is 0 Å². The van der Waals surface area contributed by atoms with Crippen molar-refractivity contribution < 1.29 is 14.3 Å². The second-order valence-corrected chi connectivity index (χ2v) is 8.82. The summed E-state index contributed by atoms with van der Waals surface area (Å²) in [5, 5.41) is 5.94. The first-order chi connectivity index (χ1) is 14.7. The van der Waals surface area contributed by atoms with E-state index >= 15 is 0 Å². The van der Waals surface area contributed by atoms with E-state index in [9.17, 15) is 9.59 Å². The number of nitrogens with zero attached hydrogens (tertiary/aromatic N) is 3. The molecule has 1 aliphatic carbocycles. The summed E-state index contributed by atoms with van der Waals surface area (Å²) < 4.78 is 5.65. The van der Waals surface area contributed by atoms with Crippen LogP contribution in [0.4, 0.5) is 5.69 Å². The van der Waals surface area contributed by atoms with Gasteiger partial charge in [-0.3, -0.25) is 14.6 Å². The Bertz CT molecular complexity index is 704. The number of hydrogen-bond donors (Lipinski definition) is 2. The maximum absolute atomic E-state index is 12.3. The number of piperidine rings is 1. The molecule has 0 aromatic carbocycles. The van der Waals surface area contributed by atoms with E-state index < -0.39 is 0 Å². The molecule has 164 valence electrons. The van der Waals surface area contributed by atoms with Crippen molar-refractivity contribution >= 4 is 17.5 Å². The van der Waals surface area contributed by atoms with Crippen LogP contribution in [0, 0.1) is 11.8 Å². The molecule has 1 aromatic rings. The van der Waals surface area contributed by atoms with Gasteiger partial charge >= 0.3 is 0 Å². The zero-order valence-electron chi connectivity index (χ0n) is 17.6. The number of aromatic nitrogens is 1. The van der Waals surface area contributed by atoms with E-state index in [4.69, 9.17) is 4.74 Å². The molecule has 2 aliphatic heterocycles. The lowest BCUT2D eigenvalue weighted by Gasteiger charge is -2.38. The van der Waals surface area contributed by atoms with Crippen molar-refractivity contribution in [3.8, 4) is 0 Å².